The number of aromatic nitrogens is 2. The molecule has 5 nitrogen and oxygen atoms in total. The Hall–Kier alpha value is -2.47. The Balaban J connectivity index is 1.86. The van der Waals surface area contributed by atoms with E-state index < -0.39 is 0 Å². The molecule has 6 heteroatoms. The second kappa shape index (κ2) is 4.66. The topological polar surface area (TPSA) is 80.9 Å². The summed E-state index contributed by atoms with van der Waals surface area (Å²) in [5, 5.41) is 2.82. The van der Waals surface area contributed by atoms with Crippen molar-refractivity contribution in [2.24, 2.45) is 0 Å². The first-order chi connectivity index (χ1) is 9.22. The molecule has 19 heavy (non-hydrogen) atoms. The van der Waals surface area contributed by atoms with Crippen molar-refractivity contribution >= 4 is 39.0 Å². The second-order valence-electron chi connectivity index (χ2n) is 3.96. The summed E-state index contributed by atoms with van der Waals surface area (Å²) in [6.07, 6.45) is 1.51. The van der Waals surface area contributed by atoms with Crippen molar-refractivity contribution in [2.45, 2.75) is 0 Å². The number of carbonyl (C=O) groups excluding carboxylic acids is 1. The van der Waals surface area contributed by atoms with Crippen molar-refractivity contribution in [3.05, 3.63) is 47.6 Å². The lowest BCUT2D eigenvalue weighted by Crippen LogP contribution is -2.12. The number of nitrogens with two attached hydrogens (primary N) is 1. The first-order valence-corrected chi connectivity index (χ1v) is 6.46. The largest absolute Gasteiger partial charge is 0.384 e. The molecule has 3 N–H and O–H groups in total. The first-order valence-electron chi connectivity index (χ1n) is 5.58. The predicted molar refractivity (Wildman–Crippen MR) is 76.2 cm³/mol. The summed E-state index contributed by atoms with van der Waals surface area (Å²) in [7, 11) is 0. The maximum Gasteiger partial charge on any atom is 0.255 e. The van der Waals surface area contributed by atoms with Crippen molar-refractivity contribution in [3.8, 4) is 0 Å². The SMILES string of the molecule is Nc1cc(C(=O)Nc2ccc3ncsc3c2)ccn1. The van der Waals surface area contributed by atoms with Gasteiger partial charge in [-0.15, -0.1) is 11.3 Å². The minimum absolute atomic E-state index is 0.210. The number of anilines is 2. The maximum atomic E-state index is 12.0. The minimum atomic E-state index is -0.210. The van der Waals surface area contributed by atoms with Crippen LogP contribution in [-0.2, 0) is 0 Å². The highest BCUT2D eigenvalue weighted by Gasteiger charge is 2.07. The molecule has 0 radical (unpaired) electrons. The Morgan fingerprint density at radius 2 is 2.11 bits per heavy atom. The fourth-order valence-electron chi connectivity index (χ4n) is 1.73. The van der Waals surface area contributed by atoms with Gasteiger partial charge >= 0.3 is 0 Å². The molecule has 0 saturated carbocycles. The summed E-state index contributed by atoms with van der Waals surface area (Å²) in [5.41, 5.74) is 9.47. The zero-order valence-electron chi connectivity index (χ0n) is 9.83. The molecule has 2 aromatic heterocycles. The van der Waals surface area contributed by atoms with E-state index in [9.17, 15) is 4.79 Å². The molecule has 0 fully saturated rings. The molecule has 0 saturated heterocycles. The van der Waals surface area contributed by atoms with Crippen molar-refractivity contribution in [1.29, 1.82) is 0 Å². The first kappa shape index (κ1) is 11.6. The third kappa shape index (κ3) is 2.38. The second-order valence-corrected chi connectivity index (χ2v) is 4.84. The summed E-state index contributed by atoms with van der Waals surface area (Å²) >= 11 is 1.53. The summed E-state index contributed by atoms with van der Waals surface area (Å²) in [4.78, 5) is 20.1. The van der Waals surface area contributed by atoms with Crippen molar-refractivity contribution in [2.75, 3.05) is 11.1 Å². The van der Waals surface area contributed by atoms with Gasteiger partial charge in [-0.2, -0.15) is 0 Å². The molecular formula is C13H10N4OS. The number of hydrogen-bond donors (Lipinski definition) is 2. The van der Waals surface area contributed by atoms with E-state index in [0.29, 0.717) is 11.4 Å². The molecule has 0 unspecified atom stereocenters. The van der Waals surface area contributed by atoms with Crippen LogP contribution in [0.1, 0.15) is 10.4 Å². The van der Waals surface area contributed by atoms with Gasteiger partial charge in [0.15, 0.2) is 0 Å². The fourth-order valence-corrected chi connectivity index (χ4v) is 2.44. The number of nitrogens with one attached hydrogen (secondary N) is 1. The van der Waals surface area contributed by atoms with Crippen LogP contribution < -0.4 is 11.1 Å². The van der Waals surface area contributed by atoms with Gasteiger partial charge in [0.25, 0.3) is 5.91 Å². The van der Waals surface area contributed by atoms with Gasteiger partial charge in [0.2, 0.25) is 0 Å². The molecule has 0 aliphatic carbocycles. The number of fused-ring (bicyclic) bond motifs is 1. The third-order valence-corrected chi connectivity index (χ3v) is 3.42. The molecule has 1 aromatic carbocycles. The number of hydrogen-bond acceptors (Lipinski definition) is 5. The van der Waals surface area contributed by atoms with Gasteiger partial charge in [-0.3, -0.25) is 4.79 Å². The molecule has 0 spiro atoms. The Labute approximate surface area is 113 Å². The minimum Gasteiger partial charge on any atom is -0.384 e. The monoisotopic (exact) mass is 270 g/mol. The zero-order valence-corrected chi connectivity index (χ0v) is 10.6. The van der Waals surface area contributed by atoms with Crippen molar-refractivity contribution in [3.63, 3.8) is 0 Å². The van der Waals surface area contributed by atoms with Gasteiger partial charge in [-0.1, -0.05) is 0 Å². The van der Waals surface area contributed by atoms with Crippen LogP contribution in [0.5, 0.6) is 0 Å². The van der Waals surface area contributed by atoms with E-state index in [2.05, 4.69) is 15.3 Å². The van der Waals surface area contributed by atoms with E-state index in [1.807, 2.05) is 18.2 Å². The van der Waals surface area contributed by atoms with Gasteiger partial charge in [-0.05, 0) is 30.3 Å². The molecule has 3 rings (SSSR count). The molecule has 2 heterocycles. The van der Waals surface area contributed by atoms with E-state index in [0.717, 1.165) is 15.9 Å². The Bertz CT molecular complexity index is 753. The molecule has 94 valence electrons. The van der Waals surface area contributed by atoms with Gasteiger partial charge in [0, 0.05) is 17.4 Å². The Morgan fingerprint density at radius 1 is 1.21 bits per heavy atom. The summed E-state index contributed by atoms with van der Waals surface area (Å²) in [5.74, 6) is 0.114. The third-order valence-electron chi connectivity index (χ3n) is 2.63. The van der Waals surface area contributed by atoms with E-state index in [1.165, 1.54) is 17.5 Å². The van der Waals surface area contributed by atoms with Gasteiger partial charge in [0.05, 0.1) is 15.7 Å². The molecule has 1 amide bonds. The highest BCUT2D eigenvalue weighted by molar-refractivity contribution is 7.16. The molecular weight excluding hydrogens is 260 g/mol. The van der Waals surface area contributed by atoms with Crippen LogP contribution in [0.4, 0.5) is 11.5 Å². The zero-order chi connectivity index (χ0) is 13.2. The molecule has 0 aliphatic heterocycles. The predicted octanol–water partition coefficient (Wildman–Crippen LogP) is 2.53. The number of amides is 1. The highest BCUT2D eigenvalue weighted by Crippen LogP contribution is 2.22. The van der Waals surface area contributed by atoms with E-state index in [-0.39, 0.29) is 5.91 Å². The van der Waals surface area contributed by atoms with Crippen LogP contribution in [0, 0.1) is 0 Å². The summed E-state index contributed by atoms with van der Waals surface area (Å²) in [6.45, 7) is 0. The molecule has 3 aromatic rings. The van der Waals surface area contributed by atoms with Gasteiger partial charge in [0.1, 0.15) is 5.82 Å². The lowest BCUT2D eigenvalue weighted by atomic mass is 10.2. The number of thiazole rings is 1. The molecule has 0 aliphatic rings. The van der Waals surface area contributed by atoms with Gasteiger partial charge in [-0.25, -0.2) is 9.97 Å². The van der Waals surface area contributed by atoms with Crippen LogP contribution >= 0.6 is 11.3 Å². The van der Waals surface area contributed by atoms with E-state index in [1.54, 1.807) is 17.6 Å². The normalized spacial score (nSPS) is 10.5. The molecule has 0 atom stereocenters. The number of carbonyl (C=O) groups is 1. The van der Waals surface area contributed by atoms with Crippen LogP contribution in [-0.4, -0.2) is 15.9 Å². The van der Waals surface area contributed by atoms with Crippen molar-refractivity contribution < 1.29 is 4.79 Å². The Morgan fingerprint density at radius 3 is 2.95 bits per heavy atom. The number of rotatable bonds is 2. The van der Waals surface area contributed by atoms with Crippen LogP contribution in [0.15, 0.2) is 42.0 Å². The lowest BCUT2D eigenvalue weighted by Gasteiger charge is -2.05. The summed E-state index contributed by atoms with van der Waals surface area (Å²) < 4.78 is 1.03. The molecule has 0 bridgehead atoms. The smallest absolute Gasteiger partial charge is 0.255 e. The van der Waals surface area contributed by atoms with E-state index in [4.69, 9.17) is 5.73 Å². The van der Waals surface area contributed by atoms with Crippen LogP contribution in [0.3, 0.4) is 0 Å². The quantitative estimate of drug-likeness (QED) is 0.749. The fraction of sp³-hybridized carbons (Fsp3) is 0. The Kier molecular flexibility index (Phi) is 2.85. The highest BCUT2D eigenvalue weighted by atomic mass is 32.1. The average molecular weight is 270 g/mol. The van der Waals surface area contributed by atoms with Crippen molar-refractivity contribution in [1.82, 2.24) is 9.97 Å². The van der Waals surface area contributed by atoms with Crippen LogP contribution in [0.25, 0.3) is 10.2 Å². The lowest BCUT2D eigenvalue weighted by molar-refractivity contribution is 0.102. The van der Waals surface area contributed by atoms with E-state index >= 15 is 0 Å². The standard InChI is InChI=1S/C13H10N4OS/c14-12-5-8(3-4-15-12)13(18)17-9-1-2-10-11(6-9)19-7-16-10/h1-7H,(H2,14,15)(H,17,18). The number of nitrogen functional groups attached to an aromatic ring is 1. The average Bonchev–Trinajstić information content (AvgIpc) is 2.86. The maximum absolute atomic E-state index is 12.0. The summed E-state index contributed by atoms with van der Waals surface area (Å²) in [6, 6.07) is 8.76. The number of nitrogens with zero attached hydrogens (tertiary/aromatic N) is 2. The van der Waals surface area contributed by atoms with Crippen LogP contribution in [0.2, 0.25) is 0 Å². The number of pyridine rings is 1. The van der Waals surface area contributed by atoms with Gasteiger partial charge < -0.3 is 11.1 Å². The number of benzene rings is 1.